The number of para-hydroxylation sites is 1. The molecule has 0 unspecified atom stereocenters. The van der Waals surface area contributed by atoms with Crippen molar-refractivity contribution in [3.05, 3.63) is 52.9 Å². The van der Waals surface area contributed by atoms with Crippen LogP contribution in [0.2, 0.25) is 0 Å². The molecule has 2 heterocycles. The summed E-state index contributed by atoms with van der Waals surface area (Å²) >= 11 is 6.56. The van der Waals surface area contributed by atoms with E-state index in [4.69, 9.17) is 26.4 Å². The summed E-state index contributed by atoms with van der Waals surface area (Å²) in [4.78, 5) is 27.0. The fraction of sp³-hybridized carbons (Fsp3) is 0.190. The molecule has 0 atom stereocenters. The number of carbonyl (C=O) groups is 2. The van der Waals surface area contributed by atoms with Crippen LogP contribution in [-0.4, -0.2) is 41.5 Å². The van der Waals surface area contributed by atoms with E-state index < -0.39 is 0 Å². The van der Waals surface area contributed by atoms with Crippen LogP contribution in [0.3, 0.4) is 0 Å². The first-order valence-electron chi connectivity index (χ1n) is 9.13. The summed E-state index contributed by atoms with van der Waals surface area (Å²) in [6.45, 7) is 0.369. The Balaban J connectivity index is 1.37. The molecular weight excluding hydrogens is 424 g/mol. The van der Waals surface area contributed by atoms with Crippen LogP contribution < -0.4 is 19.5 Å². The van der Waals surface area contributed by atoms with Gasteiger partial charge in [0.2, 0.25) is 12.7 Å². The average Bonchev–Trinajstić information content (AvgIpc) is 3.31. The van der Waals surface area contributed by atoms with Gasteiger partial charge in [0.25, 0.3) is 5.91 Å². The van der Waals surface area contributed by atoms with Gasteiger partial charge in [-0.15, -0.1) is 0 Å². The number of rotatable bonds is 6. The van der Waals surface area contributed by atoms with Gasteiger partial charge in [-0.05, 0) is 24.3 Å². The van der Waals surface area contributed by atoms with Crippen molar-refractivity contribution < 1.29 is 23.8 Å². The van der Waals surface area contributed by atoms with Gasteiger partial charge >= 0.3 is 0 Å². The van der Waals surface area contributed by atoms with Crippen LogP contribution in [-0.2, 0) is 9.59 Å². The second-order valence-corrected chi connectivity index (χ2v) is 8.12. The standard InChI is InChI=1S/C21H18N2O5S2/c1-26-15-5-3-2-4-13(15)10-18-20(25)23(21(29)30-18)9-8-19(24)22-14-6-7-16-17(11-14)28-12-27-16/h2-7,10-11H,8-9,12H2,1H3,(H,22,24). The van der Waals surface area contributed by atoms with Crippen LogP contribution in [0, 0.1) is 0 Å². The number of nitrogens with one attached hydrogen (secondary N) is 1. The summed E-state index contributed by atoms with van der Waals surface area (Å²) in [5.41, 5.74) is 1.40. The lowest BCUT2D eigenvalue weighted by atomic mass is 10.2. The molecule has 1 fully saturated rings. The summed E-state index contributed by atoms with van der Waals surface area (Å²) < 4.78 is 16.3. The molecule has 2 amide bonds. The minimum atomic E-state index is -0.225. The summed E-state index contributed by atoms with van der Waals surface area (Å²) in [7, 11) is 1.58. The van der Waals surface area contributed by atoms with E-state index in [9.17, 15) is 9.59 Å². The van der Waals surface area contributed by atoms with E-state index in [-0.39, 0.29) is 31.6 Å². The number of hydrogen-bond acceptors (Lipinski definition) is 7. The normalized spacial score (nSPS) is 16.3. The van der Waals surface area contributed by atoms with Gasteiger partial charge in [-0.3, -0.25) is 14.5 Å². The molecule has 2 aliphatic heterocycles. The minimum Gasteiger partial charge on any atom is -0.496 e. The molecule has 0 bridgehead atoms. The highest BCUT2D eigenvalue weighted by Gasteiger charge is 2.32. The molecule has 9 heteroatoms. The number of carbonyl (C=O) groups excluding carboxylic acids is 2. The highest BCUT2D eigenvalue weighted by atomic mass is 32.2. The SMILES string of the molecule is COc1ccccc1C=C1SC(=S)N(CCC(=O)Nc2ccc3c(c2)OCO3)C1=O. The highest BCUT2D eigenvalue weighted by molar-refractivity contribution is 8.26. The van der Waals surface area contributed by atoms with Gasteiger partial charge in [-0.1, -0.05) is 42.2 Å². The van der Waals surface area contributed by atoms with Crippen LogP contribution >= 0.6 is 24.0 Å². The molecule has 0 aliphatic carbocycles. The summed E-state index contributed by atoms with van der Waals surface area (Å²) in [6.07, 6.45) is 1.87. The molecule has 2 aliphatic rings. The monoisotopic (exact) mass is 442 g/mol. The molecule has 0 spiro atoms. The molecule has 1 saturated heterocycles. The Kier molecular flexibility index (Phi) is 5.91. The number of hydrogen-bond donors (Lipinski definition) is 1. The Hall–Kier alpha value is -3.04. The van der Waals surface area contributed by atoms with Gasteiger partial charge in [0.1, 0.15) is 10.1 Å². The maximum absolute atomic E-state index is 12.8. The first-order chi connectivity index (χ1) is 14.5. The van der Waals surface area contributed by atoms with Crippen molar-refractivity contribution in [2.45, 2.75) is 6.42 Å². The maximum atomic E-state index is 12.8. The highest BCUT2D eigenvalue weighted by Crippen LogP contribution is 2.35. The van der Waals surface area contributed by atoms with Crippen LogP contribution in [0.1, 0.15) is 12.0 Å². The molecule has 4 rings (SSSR count). The van der Waals surface area contributed by atoms with Crippen LogP contribution in [0.5, 0.6) is 17.2 Å². The molecule has 0 radical (unpaired) electrons. The molecule has 2 aromatic rings. The van der Waals surface area contributed by atoms with Gasteiger partial charge in [0, 0.05) is 30.3 Å². The Morgan fingerprint density at radius 2 is 2.07 bits per heavy atom. The summed E-state index contributed by atoms with van der Waals surface area (Å²) in [6, 6.07) is 12.6. The van der Waals surface area contributed by atoms with E-state index in [1.54, 1.807) is 31.4 Å². The first-order valence-corrected chi connectivity index (χ1v) is 10.4. The largest absolute Gasteiger partial charge is 0.496 e. The van der Waals surface area contributed by atoms with Gasteiger partial charge in [0.05, 0.1) is 12.0 Å². The molecule has 30 heavy (non-hydrogen) atoms. The lowest BCUT2D eigenvalue weighted by Crippen LogP contribution is -2.31. The molecule has 154 valence electrons. The summed E-state index contributed by atoms with van der Waals surface area (Å²) in [5.74, 6) is 1.47. The Morgan fingerprint density at radius 1 is 1.27 bits per heavy atom. The second-order valence-electron chi connectivity index (χ2n) is 6.44. The van der Waals surface area contributed by atoms with E-state index >= 15 is 0 Å². The van der Waals surface area contributed by atoms with E-state index in [0.29, 0.717) is 32.2 Å². The Labute approximate surface area is 183 Å². The number of nitrogens with zero attached hydrogens (tertiary/aromatic N) is 1. The maximum Gasteiger partial charge on any atom is 0.266 e. The number of fused-ring (bicyclic) bond motifs is 1. The molecule has 1 N–H and O–H groups in total. The van der Waals surface area contributed by atoms with Crippen LogP contribution in [0.25, 0.3) is 6.08 Å². The first kappa shape index (κ1) is 20.2. The zero-order chi connectivity index (χ0) is 21.1. The number of amides is 2. The molecular formula is C21H18N2O5S2. The smallest absolute Gasteiger partial charge is 0.266 e. The molecule has 2 aromatic carbocycles. The van der Waals surface area contributed by atoms with Crippen molar-refractivity contribution in [2.75, 3.05) is 25.8 Å². The fourth-order valence-corrected chi connectivity index (χ4v) is 4.33. The Morgan fingerprint density at radius 3 is 2.90 bits per heavy atom. The van der Waals surface area contributed by atoms with Crippen molar-refractivity contribution in [1.29, 1.82) is 0 Å². The third-order valence-corrected chi connectivity index (χ3v) is 5.90. The number of anilines is 1. The van der Waals surface area contributed by atoms with E-state index in [1.165, 1.54) is 16.7 Å². The minimum absolute atomic E-state index is 0.114. The lowest BCUT2D eigenvalue weighted by Gasteiger charge is -2.14. The van der Waals surface area contributed by atoms with Crippen molar-refractivity contribution in [1.82, 2.24) is 4.90 Å². The van der Waals surface area contributed by atoms with Crippen LogP contribution in [0.15, 0.2) is 47.4 Å². The van der Waals surface area contributed by atoms with Crippen LogP contribution in [0.4, 0.5) is 5.69 Å². The van der Waals surface area contributed by atoms with E-state index in [2.05, 4.69) is 5.32 Å². The topological polar surface area (TPSA) is 77.1 Å². The predicted octanol–water partition coefficient (Wildman–Crippen LogP) is 3.65. The van der Waals surface area contributed by atoms with Crippen molar-refractivity contribution in [3.8, 4) is 17.2 Å². The number of benzene rings is 2. The van der Waals surface area contributed by atoms with E-state index in [0.717, 1.165) is 5.56 Å². The number of methoxy groups -OCH3 is 1. The van der Waals surface area contributed by atoms with Gasteiger partial charge in [-0.25, -0.2) is 0 Å². The third kappa shape index (κ3) is 4.27. The number of thioether (sulfide) groups is 1. The quantitative estimate of drug-likeness (QED) is 0.540. The molecule has 0 aromatic heterocycles. The van der Waals surface area contributed by atoms with Gasteiger partial charge < -0.3 is 19.5 Å². The van der Waals surface area contributed by atoms with Gasteiger partial charge in [-0.2, -0.15) is 0 Å². The number of ether oxygens (including phenoxy) is 3. The molecule has 7 nitrogen and oxygen atoms in total. The van der Waals surface area contributed by atoms with Crippen molar-refractivity contribution in [2.24, 2.45) is 0 Å². The average molecular weight is 443 g/mol. The molecule has 0 saturated carbocycles. The summed E-state index contributed by atoms with van der Waals surface area (Å²) in [5, 5.41) is 2.80. The lowest BCUT2D eigenvalue weighted by molar-refractivity contribution is -0.122. The zero-order valence-corrected chi connectivity index (χ0v) is 17.7. The van der Waals surface area contributed by atoms with E-state index in [1.807, 2.05) is 24.3 Å². The number of thiocarbonyl (C=S) groups is 1. The third-order valence-electron chi connectivity index (χ3n) is 4.52. The van der Waals surface area contributed by atoms with Crippen molar-refractivity contribution >= 4 is 51.9 Å². The van der Waals surface area contributed by atoms with Gasteiger partial charge in [0.15, 0.2) is 11.5 Å². The predicted molar refractivity (Wildman–Crippen MR) is 119 cm³/mol. The second kappa shape index (κ2) is 8.76. The zero-order valence-electron chi connectivity index (χ0n) is 16.0. The fourth-order valence-electron chi connectivity index (χ4n) is 3.03. The van der Waals surface area contributed by atoms with Crippen molar-refractivity contribution in [3.63, 3.8) is 0 Å². The Bertz CT molecular complexity index is 1050.